The molecule has 0 saturated carbocycles. The topological polar surface area (TPSA) is 88.8 Å². The SMILES string of the molecule is COc1ccc(C=C(C#N)C(=O)O)c(OCCOc2cc(C)ccc2C)c1. The molecule has 0 aliphatic rings. The monoisotopic (exact) mass is 367 g/mol. The van der Waals surface area contributed by atoms with E-state index in [4.69, 9.17) is 24.6 Å². The number of nitriles is 1. The van der Waals surface area contributed by atoms with E-state index in [0.717, 1.165) is 16.9 Å². The van der Waals surface area contributed by atoms with Gasteiger partial charge in [-0.2, -0.15) is 5.26 Å². The number of hydrogen-bond acceptors (Lipinski definition) is 5. The number of carboxylic acid groups (broad SMARTS) is 1. The molecule has 27 heavy (non-hydrogen) atoms. The molecule has 2 aromatic rings. The van der Waals surface area contributed by atoms with Crippen molar-refractivity contribution in [3.63, 3.8) is 0 Å². The Balaban J connectivity index is 2.11. The molecule has 140 valence electrons. The van der Waals surface area contributed by atoms with Crippen molar-refractivity contribution in [1.82, 2.24) is 0 Å². The van der Waals surface area contributed by atoms with E-state index in [-0.39, 0.29) is 12.2 Å². The number of aliphatic carboxylic acids is 1. The van der Waals surface area contributed by atoms with Gasteiger partial charge in [-0.15, -0.1) is 0 Å². The fourth-order valence-corrected chi connectivity index (χ4v) is 2.35. The largest absolute Gasteiger partial charge is 0.497 e. The lowest BCUT2D eigenvalue weighted by atomic mass is 10.1. The maximum absolute atomic E-state index is 11.1. The summed E-state index contributed by atoms with van der Waals surface area (Å²) < 4.78 is 16.7. The Labute approximate surface area is 158 Å². The minimum Gasteiger partial charge on any atom is -0.497 e. The molecule has 0 heterocycles. The summed E-state index contributed by atoms with van der Waals surface area (Å²) in [6.07, 6.45) is 1.27. The zero-order valence-electron chi connectivity index (χ0n) is 15.5. The van der Waals surface area contributed by atoms with Gasteiger partial charge in [0.1, 0.15) is 42.1 Å². The highest BCUT2D eigenvalue weighted by Gasteiger charge is 2.10. The highest BCUT2D eigenvalue weighted by atomic mass is 16.5. The van der Waals surface area contributed by atoms with E-state index in [9.17, 15) is 4.79 Å². The number of carboxylic acids is 1. The molecule has 2 aromatic carbocycles. The maximum Gasteiger partial charge on any atom is 0.346 e. The fraction of sp³-hybridized carbons (Fsp3) is 0.238. The first kappa shape index (κ1) is 19.9. The van der Waals surface area contributed by atoms with Gasteiger partial charge < -0.3 is 19.3 Å². The standard InChI is InChI=1S/C21H21NO5/c1-14-4-5-15(2)19(10-14)26-8-9-27-20-12-18(25-3)7-6-16(20)11-17(13-22)21(23)24/h4-7,10-12H,8-9H2,1-3H3,(H,23,24). The van der Waals surface area contributed by atoms with Crippen molar-refractivity contribution in [1.29, 1.82) is 5.26 Å². The molecule has 6 nitrogen and oxygen atoms in total. The van der Waals surface area contributed by atoms with Crippen molar-refractivity contribution in [3.05, 3.63) is 58.7 Å². The number of nitrogens with zero attached hydrogens (tertiary/aromatic N) is 1. The molecule has 0 amide bonds. The highest BCUT2D eigenvalue weighted by molar-refractivity contribution is 5.96. The Morgan fingerprint density at radius 3 is 2.44 bits per heavy atom. The molecule has 0 aliphatic heterocycles. The van der Waals surface area contributed by atoms with Crippen LogP contribution in [0.5, 0.6) is 17.2 Å². The van der Waals surface area contributed by atoms with E-state index < -0.39 is 5.97 Å². The van der Waals surface area contributed by atoms with Crippen LogP contribution in [0.4, 0.5) is 0 Å². The third kappa shape index (κ3) is 5.51. The molecule has 0 unspecified atom stereocenters. The van der Waals surface area contributed by atoms with Crippen molar-refractivity contribution >= 4 is 12.0 Å². The second-order valence-corrected chi connectivity index (χ2v) is 5.84. The van der Waals surface area contributed by atoms with E-state index in [1.807, 2.05) is 32.0 Å². The van der Waals surface area contributed by atoms with Crippen LogP contribution in [0.1, 0.15) is 16.7 Å². The highest BCUT2D eigenvalue weighted by Crippen LogP contribution is 2.27. The lowest BCUT2D eigenvalue weighted by molar-refractivity contribution is -0.132. The van der Waals surface area contributed by atoms with Gasteiger partial charge in [0.25, 0.3) is 0 Å². The van der Waals surface area contributed by atoms with Gasteiger partial charge in [-0.25, -0.2) is 4.79 Å². The third-order valence-electron chi connectivity index (χ3n) is 3.81. The summed E-state index contributed by atoms with van der Waals surface area (Å²) in [5, 5.41) is 18.0. The molecule has 0 saturated heterocycles. The van der Waals surface area contributed by atoms with Crippen LogP contribution in [0.25, 0.3) is 6.08 Å². The Morgan fingerprint density at radius 2 is 1.81 bits per heavy atom. The first-order chi connectivity index (χ1) is 12.9. The van der Waals surface area contributed by atoms with Gasteiger partial charge in [0.2, 0.25) is 0 Å². The lowest BCUT2D eigenvalue weighted by Gasteiger charge is -2.13. The predicted molar refractivity (Wildman–Crippen MR) is 101 cm³/mol. The van der Waals surface area contributed by atoms with Gasteiger partial charge in [0.05, 0.1) is 7.11 Å². The molecule has 0 spiro atoms. The number of hydrogen-bond donors (Lipinski definition) is 1. The quantitative estimate of drug-likeness (QED) is 0.434. The first-order valence-corrected chi connectivity index (χ1v) is 8.30. The zero-order chi connectivity index (χ0) is 19.8. The van der Waals surface area contributed by atoms with Crippen LogP contribution in [0.2, 0.25) is 0 Å². The van der Waals surface area contributed by atoms with Gasteiger partial charge in [-0.05, 0) is 49.2 Å². The average Bonchev–Trinajstić information content (AvgIpc) is 2.66. The summed E-state index contributed by atoms with van der Waals surface area (Å²) in [6.45, 7) is 4.52. The molecule has 1 N–H and O–H groups in total. The molecule has 0 bridgehead atoms. The van der Waals surface area contributed by atoms with Gasteiger partial charge in [0.15, 0.2) is 0 Å². The number of carbonyl (C=O) groups is 1. The summed E-state index contributed by atoms with van der Waals surface area (Å²) in [7, 11) is 1.52. The second kappa shape index (κ2) is 9.30. The molecular weight excluding hydrogens is 346 g/mol. The number of ether oxygens (including phenoxy) is 3. The van der Waals surface area contributed by atoms with E-state index in [0.29, 0.717) is 23.7 Å². The van der Waals surface area contributed by atoms with Crippen LogP contribution in [-0.4, -0.2) is 31.4 Å². The Hall–Kier alpha value is -3.46. The van der Waals surface area contributed by atoms with Crippen LogP contribution < -0.4 is 14.2 Å². The normalized spacial score (nSPS) is 10.8. The summed E-state index contributed by atoms with van der Waals surface area (Å²) in [6, 6.07) is 12.6. The summed E-state index contributed by atoms with van der Waals surface area (Å²) in [5.74, 6) is 0.471. The third-order valence-corrected chi connectivity index (χ3v) is 3.81. The van der Waals surface area contributed by atoms with Crippen LogP contribution in [0.15, 0.2) is 42.0 Å². The first-order valence-electron chi connectivity index (χ1n) is 8.30. The molecule has 2 rings (SSSR count). The summed E-state index contributed by atoms with van der Waals surface area (Å²) in [4.78, 5) is 11.1. The number of benzene rings is 2. The minimum absolute atomic E-state index is 0.246. The van der Waals surface area contributed by atoms with E-state index in [1.165, 1.54) is 13.2 Å². The fourth-order valence-electron chi connectivity index (χ4n) is 2.35. The second-order valence-electron chi connectivity index (χ2n) is 5.84. The number of aryl methyl sites for hydroxylation is 2. The van der Waals surface area contributed by atoms with Crippen LogP contribution in [-0.2, 0) is 4.79 Å². The van der Waals surface area contributed by atoms with Crippen molar-refractivity contribution in [3.8, 4) is 23.3 Å². The van der Waals surface area contributed by atoms with Crippen LogP contribution >= 0.6 is 0 Å². The number of rotatable bonds is 8. The van der Waals surface area contributed by atoms with Crippen LogP contribution in [0, 0.1) is 25.2 Å². The average molecular weight is 367 g/mol. The predicted octanol–water partition coefficient (Wildman–Crippen LogP) is 3.76. The molecule has 0 radical (unpaired) electrons. The van der Waals surface area contributed by atoms with Crippen molar-refractivity contribution in [2.45, 2.75) is 13.8 Å². The Morgan fingerprint density at radius 1 is 1.11 bits per heavy atom. The summed E-state index contributed by atoms with van der Waals surface area (Å²) >= 11 is 0. The van der Waals surface area contributed by atoms with Crippen molar-refractivity contribution in [2.75, 3.05) is 20.3 Å². The number of methoxy groups -OCH3 is 1. The molecule has 0 aliphatic carbocycles. The van der Waals surface area contributed by atoms with E-state index in [2.05, 4.69) is 0 Å². The molecule has 0 aromatic heterocycles. The zero-order valence-corrected chi connectivity index (χ0v) is 15.5. The van der Waals surface area contributed by atoms with Gasteiger partial charge >= 0.3 is 5.97 Å². The van der Waals surface area contributed by atoms with Crippen molar-refractivity contribution < 1.29 is 24.1 Å². The smallest absolute Gasteiger partial charge is 0.346 e. The van der Waals surface area contributed by atoms with E-state index in [1.54, 1.807) is 24.3 Å². The van der Waals surface area contributed by atoms with Crippen LogP contribution in [0.3, 0.4) is 0 Å². The van der Waals surface area contributed by atoms with Gasteiger partial charge in [-0.1, -0.05) is 12.1 Å². The molecule has 0 fully saturated rings. The van der Waals surface area contributed by atoms with Gasteiger partial charge in [-0.3, -0.25) is 0 Å². The Kier molecular flexibility index (Phi) is 6.84. The van der Waals surface area contributed by atoms with E-state index >= 15 is 0 Å². The van der Waals surface area contributed by atoms with Gasteiger partial charge in [0, 0.05) is 11.6 Å². The lowest BCUT2D eigenvalue weighted by Crippen LogP contribution is -2.10. The summed E-state index contributed by atoms with van der Waals surface area (Å²) in [5.41, 5.74) is 2.23. The molecule has 0 atom stereocenters. The Bertz CT molecular complexity index is 896. The molecule has 6 heteroatoms. The minimum atomic E-state index is -1.29. The molecular formula is C21H21NO5. The van der Waals surface area contributed by atoms with Crippen molar-refractivity contribution in [2.24, 2.45) is 0 Å². The maximum atomic E-state index is 11.1.